The van der Waals surface area contributed by atoms with Crippen molar-refractivity contribution < 1.29 is 4.74 Å². The van der Waals surface area contributed by atoms with Crippen molar-refractivity contribution in [3.8, 4) is 17.0 Å². The summed E-state index contributed by atoms with van der Waals surface area (Å²) in [6.45, 7) is 7.28. The Balaban J connectivity index is 1.29. The van der Waals surface area contributed by atoms with Crippen LogP contribution in [0.1, 0.15) is 51.9 Å². The normalized spacial score (nSPS) is 18.3. The van der Waals surface area contributed by atoms with E-state index < -0.39 is 0 Å². The van der Waals surface area contributed by atoms with Crippen molar-refractivity contribution >= 4 is 11.3 Å². The Labute approximate surface area is 191 Å². The van der Waals surface area contributed by atoms with Crippen molar-refractivity contribution in [2.75, 3.05) is 37.7 Å². The summed E-state index contributed by atoms with van der Waals surface area (Å²) in [6, 6.07) is 11.2. The molecule has 1 aliphatic carbocycles. The van der Waals surface area contributed by atoms with Gasteiger partial charge in [-0.05, 0) is 49.6 Å². The van der Waals surface area contributed by atoms with Gasteiger partial charge in [0.15, 0.2) is 5.82 Å². The fourth-order valence-corrected chi connectivity index (χ4v) is 5.09. The highest BCUT2D eigenvalue weighted by molar-refractivity contribution is 5.75. The number of nitrogens with zero attached hydrogens (tertiary/aromatic N) is 5. The summed E-state index contributed by atoms with van der Waals surface area (Å²) in [5.41, 5.74) is 3.15. The van der Waals surface area contributed by atoms with Crippen LogP contribution in [-0.2, 0) is 0 Å². The summed E-state index contributed by atoms with van der Waals surface area (Å²) in [7, 11) is 0. The molecule has 2 aromatic heterocycles. The van der Waals surface area contributed by atoms with E-state index in [1.54, 1.807) is 0 Å². The number of hydrogen-bond donors (Lipinski definition) is 0. The van der Waals surface area contributed by atoms with Gasteiger partial charge in [0, 0.05) is 50.2 Å². The maximum absolute atomic E-state index is 5.80. The number of unbranched alkanes of at least 4 members (excludes halogenated alkanes) is 1. The molecule has 170 valence electrons. The Morgan fingerprint density at radius 1 is 1.00 bits per heavy atom. The molecule has 6 heteroatoms. The molecule has 1 saturated carbocycles. The molecule has 0 N–H and O–H groups in total. The van der Waals surface area contributed by atoms with Crippen molar-refractivity contribution in [1.29, 1.82) is 0 Å². The van der Waals surface area contributed by atoms with Crippen LogP contribution in [-0.4, -0.2) is 58.3 Å². The van der Waals surface area contributed by atoms with Crippen LogP contribution >= 0.6 is 0 Å². The zero-order chi connectivity index (χ0) is 21.8. The van der Waals surface area contributed by atoms with Gasteiger partial charge in [-0.1, -0.05) is 32.6 Å². The fraction of sp³-hybridized carbons (Fsp3) is 0.538. The molecule has 3 heterocycles. The lowest BCUT2D eigenvalue weighted by Crippen LogP contribution is -2.51. The van der Waals surface area contributed by atoms with E-state index in [9.17, 15) is 0 Å². The monoisotopic (exact) mass is 433 g/mol. The second-order valence-electron chi connectivity index (χ2n) is 9.15. The lowest BCUT2D eigenvalue weighted by molar-refractivity contribution is 0.148. The SMILES string of the molecule is CCCCOc1ccc(-c2cc3c(N4CCN(C5CCCCC5)CC4)nccn3n2)cc1. The van der Waals surface area contributed by atoms with Crippen LogP contribution in [0.5, 0.6) is 5.75 Å². The Hall–Kier alpha value is -2.60. The van der Waals surface area contributed by atoms with Gasteiger partial charge in [-0.15, -0.1) is 0 Å². The fourth-order valence-electron chi connectivity index (χ4n) is 5.09. The van der Waals surface area contributed by atoms with Gasteiger partial charge in [0.05, 0.1) is 12.3 Å². The highest BCUT2D eigenvalue weighted by atomic mass is 16.5. The van der Waals surface area contributed by atoms with E-state index in [2.05, 4.69) is 34.9 Å². The molecular weight excluding hydrogens is 398 g/mol. The van der Waals surface area contributed by atoms with Crippen molar-refractivity contribution in [3.05, 3.63) is 42.7 Å². The number of rotatable bonds is 7. The molecule has 0 radical (unpaired) electrons. The molecule has 1 aliphatic heterocycles. The van der Waals surface area contributed by atoms with Crippen LogP contribution in [0.25, 0.3) is 16.8 Å². The largest absolute Gasteiger partial charge is 0.494 e. The molecule has 0 spiro atoms. The molecule has 5 rings (SSSR count). The van der Waals surface area contributed by atoms with E-state index in [0.29, 0.717) is 0 Å². The van der Waals surface area contributed by atoms with Gasteiger partial charge in [-0.25, -0.2) is 9.50 Å². The Morgan fingerprint density at radius 3 is 2.53 bits per heavy atom. The van der Waals surface area contributed by atoms with E-state index in [-0.39, 0.29) is 0 Å². The van der Waals surface area contributed by atoms with Crippen LogP contribution in [0.2, 0.25) is 0 Å². The van der Waals surface area contributed by atoms with Crippen LogP contribution in [0.4, 0.5) is 5.82 Å². The molecule has 32 heavy (non-hydrogen) atoms. The zero-order valence-corrected chi connectivity index (χ0v) is 19.2. The minimum absolute atomic E-state index is 0.771. The lowest BCUT2D eigenvalue weighted by Gasteiger charge is -2.41. The number of fused-ring (bicyclic) bond motifs is 1. The average molecular weight is 434 g/mol. The molecule has 0 bridgehead atoms. The number of anilines is 1. The van der Waals surface area contributed by atoms with E-state index in [4.69, 9.17) is 14.8 Å². The maximum atomic E-state index is 5.80. The van der Waals surface area contributed by atoms with Gasteiger partial charge >= 0.3 is 0 Å². The highest BCUT2D eigenvalue weighted by Crippen LogP contribution is 2.28. The first kappa shape index (κ1) is 21.3. The third kappa shape index (κ3) is 4.60. The van der Waals surface area contributed by atoms with Crippen LogP contribution in [0.3, 0.4) is 0 Å². The summed E-state index contributed by atoms with van der Waals surface area (Å²) in [6.07, 6.45) is 13.0. The van der Waals surface area contributed by atoms with E-state index >= 15 is 0 Å². The van der Waals surface area contributed by atoms with Gasteiger partial charge < -0.3 is 9.64 Å². The standard InChI is InChI=1S/C26H35N5O/c1-2-3-19-32-23-11-9-21(10-12-23)24-20-25-26(27-13-14-31(25)28-24)30-17-15-29(16-18-30)22-7-5-4-6-8-22/h9-14,20,22H,2-8,15-19H2,1H3. The molecule has 0 atom stereocenters. The molecule has 0 amide bonds. The smallest absolute Gasteiger partial charge is 0.154 e. The molecule has 3 aromatic rings. The highest BCUT2D eigenvalue weighted by Gasteiger charge is 2.26. The van der Waals surface area contributed by atoms with Crippen LogP contribution in [0.15, 0.2) is 42.7 Å². The van der Waals surface area contributed by atoms with Crippen LogP contribution < -0.4 is 9.64 Å². The van der Waals surface area contributed by atoms with Crippen molar-refractivity contribution in [1.82, 2.24) is 19.5 Å². The van der Waals surface area contributed by atoms with Gasteiger partial charge in [-0.3, -0.25) is 4.90 Å². The van der Waals surface area contributed by atoms with E-state index in [1.807, 2.05) is 29.0 Å². The van der Waals surface area contributed by atoms with Crippen LogP contribution in [0, 0.1) is 0 Å². The molecule has 1 saturated heterocycles. The summed E-state index contributed by atoms with van der Waals surface area (Å²) >= 11 is 0. The first-order valence-corrected chi connectivity index (χ1v) is 12.4. The first-order valence-electron chi connectivity index (χ1n) is 12.4. The second-order valence-corrected chi connectivity index (χ2v) is 9.15. The first-order chi connectivity index (χ1) is 15.8. The van der Waals surface area contributed by atoms with Gasteiger partial charge in [0.25, 0.3) is 0 Å². The lowest BCUT2D eigenvalue weighted by atomic mass is 9.94. The summed E-state index contributed by atoms with van der Waals surface area (Å²) in [4.78, 5) is 9.90. The molecule has 2 aliphatic rings. The minimum Gasteiger partial charge on any atom is -0.494 e. The van der Waals surface area contributed by atoms with Crippen molar-refractivity contribution in [2.24, 2.45) is 0 Å². The summed E-state index contributed by atoms with van der Waals surface area (Å²) in [5, 5.41) is 4.83. The molecular formula is C26H35N5O. The summed E-state index contributed by atoms with van der Waals surface area (Å²) in [5.74, 6) is 1.97. The van der Waals surface area contributed by atoms with Gasteiger partial charge in [-0.2, -0.15) is 5.10 Å². The number of benzene rings is 1. The Bertz CT molecular complexity index is 1000. The van der Waals surface area contributed by atoms with Gasteiger partial charge in [0.1, 0.15) is 11.3 Å². The molecule has 2 fully saturated rings. The second kappa shape index (κ2) is 9.90. The third-order valence-electron chi connectivity index (χ3n) is 6.99. The zero-order valence-electron chi connectivity index (χ0n) is 19.2. The predicted octanol–water partition coefficient (Wildman–Crippen LogP) is 5.03. The number of ether oxygens (including phenoxy) is 1. The topological polar surface area (TPSA) is 45.9 Å². The average Bonchev–Trinajstić information content (AvgIpc) is 3.30. The molecule has 6 nitrogen and oxygen atoms in total. The van der Waals surface area contributed by atoms with Crippen molar-refractivity contribution in [3.63, 3.8) is 0 Å². The van der Waals surface area contributed by atoms with E-state index in [1.165, 1.54) is 32.1 Å². The Kier molecular flexibility index (Phi) is 6.58. The van der Waals surface area contributed by atoms with Crippen molar-refractivity contribution in [2.45, 2.75) is 57.9 Å². The van der Waals surface area contributed by atoms with Gasteiger partial charge in [0.2, 0.25) is 0 Å². The van der Waals surface area contributed by atoms with E-state index in [0.717, 1.165) is 80.0 Å². The number of piperazine rings is 1. The maximum Gasteiger partial charge on any atom is 0.154 e. The number of aromatic nitrogens is 3. The quantitative estimate of drug-likeness (QED) is 0.489. The minimum atomic E-state index is 0.771. The molecule has 0 unspecified atom stereocenters. The third-order valence-corrected chi connectivity index (χ3v) is 6.99. The number of hydrogen-bond acceptors (Lipinski definition) is 5. The summed E-state index contributed by atoms with van der Waals surface area (Å²) < 4.78 is 7.77. The molecule has 1 aromatic carbocycles. The Morgan fingerprint density at radius 2 is 1.78 bits per heavy atom. The predicted molar refractivity (Wildman–Crippen MR) is 129 cm³/mol.